The monoisotopic (exact) mass is 263 g/mol. The summed E-state index contributed by atoms with van der Waals surface area (Å²) < 4.78 is 11.1. The molecule has 0 radical (unpaired) electrons. The first-order chi connectivity index (χ1) is 9.22. The quantitative estimate of drug-likeness (QED) is 0.671. The van der Waals surface area contributed by atoms with Crippen LogP contribution in [0, 0.1) is 10.1 Å². The standard InChI is InChI=1S/C12H13N3O4/c16-15(17)8-3-4-11-10(6-8)14-12(19-11)18-9-2-1-5-13-7-9/h3-4,6,9,13H,1-2,5,7H2/t9-/m0/s1. The predicted octanol–water partition coefficient (Wildman–Crippen LogP) is 1.87. The molecule has 1 fully saturated rings. The third-order valence-electron chi connectivity index (χ3n) is 3.08. The van der Waals surface area contributed by atoms with Gasteiger partial charge in [-0.05, 0) is 25.5 Å². The Hall–Kier alpha value is -2.15. The van der Waals surface area contributed by atoms with Crippen molar-refractivity contribution >= 4 is 16.8 Å². The summed E-state index contributed by atoms with van der Waals surface area (Å²) in [5, 5.41) is 13.9. The first-order valence-electron chi connectivity index (χ1n) is 6.15. The average molecular weight is 263 g/mol. The molecule has 1 aliphatic heterocycles. The van der Waals surface area contributed by atoms with Crippen molar-refractivity contribution in [1.82, 2.24) is 10.3 Å². The lowest BCUT2D eigenvalue weighted by atomic mass is 10.1. The van der Waals surface area contributed by atoms with Crippen molar-refractivity contribution in [3.8, 4) is 6.08 Å². The fraction of sp³-hybridized carbons (Fsp3) is 0.417. The number of ether oxygens (including phenoxy) is 1. The highest BCUT2D eigenvalue weighted by molar-refractivity contribution is 5.75. The van der Waals surface area contributed by atoms with Gasteiger partial charge in [0.2, 0.25) is 0 Å². The second-order valence-corrected chi connectivity index (χ2v) is 4.48. The van der Waals surface area contributed by atoms with Crippen LogP contribution in [0.1, 0.15) is 12.8 Å². The number of nitro groups is 1. The molecule has 7 heteroatoms. The zero-order valence-electron chi connectivity index (χ0n) is 10.2. The maximum Gasteiger partial charge on any atom is 0.394 e. The largest absolute Gasteiger partial charge is 0.445 e. The fourth-order valence-corrected chi connectivity index (χ4v) is 2.12. The number of fused-ring (bicyclic) bond motifs is 1. The first kappa shape index (κ1) is 11.9. The minimum Gasteiger partial charge on any atom is -0.445 e. The molecule has 100 valence electrons. The van der Waals surface area contributed by atoms with Crippen LogP contribution in [-0.2, 0) is 0 Å². The van der Waals surface area contributed by atoms with Gasteiger partial charge in [-0.2, -0.15) is 4.98 Å². The van der Waals surface area contributed by atoms with Crippen molar-refractivity contribution in [2.24, 2.45) is 0 Å². The van der Waals surface area contributed by atoms with Crippen LogP contribution in [0.3, 0.4) is 0 Å². The summed E-state index contributed by atoms with van der Waals surface area (Å²) in [5.41, 5.74) is 0.920. The molecule has 1 atom stereocenters. The Balaban J connectivity index is 1.82. The number of aromatic nitrogens is 1. The van der Waals surface area contributed by atoms with Crippen molar-refractivity contribution in [3.05, 3.63) is 28.3 Å². The van der Waals surface area contributed by atoms with Crippen molar-refractivity contribution in [2.45, 2.75) is 18.9 Å². The van der Waals surface area contributed by atoms with Crippen LogP contribution in [0.2, 0.25) is 0 Å². The van der Waals surface area contributed by atoms with Gasteiger partial charge in [0.05, 0.1) is 4.92 Å². The van der Waals surface area contributed by atoms with Gasteiger partial charge in [0, 0.05) is 18.7 Å². The summed E-state index contributed by atoms with van der Waals surface area (Å²) in [7, 11) is 0. The summed E-state index contributed by atoms with van der Waals surface area (Å²) in [4.78, 5) is 14.3. The van der Waals surface area contributed by atoms with E-state index in [-0.39, 0.29) is 17.9 Å². The number of non-ortho nitro benzene ring substituents is 1. The van der Waals surface area contributed by atoms with Crippen LogP contribution in [0.5, 0.6) is 6.08 Å². The molecule has 1 N–H and O–H groups in total. The number of nitrogens with zero attached hydrogens (tertiary/aromatic N) is 2. The molecule has 0 amide bonds. The average Bonchev–Trinajstić information content (AvgIpc) is 2.80. The van der Waals surface area contributed by atoms with E-state index in [0.717, 1.165) is 25.9 Å². The molecule has 1 aromatic heterocycles. The fourth-order valence-electron chi connectivity index (χ4n) is 2.12. The van der Waals surface area contributed by atoms with E-state index in [1.165, 1.54) is 18.2 Å². The zero-order chi connectivity index (χ0) is 13.2. The Labute approximate surface area is 108 Å². The predicted molar refractivity (Wildman–Crippen MR) is 67.2 cm³/mol. The number of oxazole rings is 1. The van der Waals surface area contributed by atoms with Crippen LogP contribution in [0.4, 0.5) is 5.69 Å². The molecule has 0 unspecified atom stereocenters. The molecule has 1 aliphatic rings. The highest BCUT2D eigenvalue weighted by atomic mass is 16.6. The van der Waals surface area contributed by atoms with Crippen molar-refractivity contribution in [2.75, 3.05) is 13.1 Å². The molecule has 7 nitrogen and oxygen atoms in total. The van der Waals surface area contributed by atoms with Crippen molar-refractivity contribution in [1.29, 1.82) is 0 Å². The maximum absolute atomic E-state index is 10.7. The van der Waals surface area contributed by atoms with Gasteiger partial charge in [0.1, 0.15) is 11.6 Å². The molecule has 2 heterocycles. The minimum absolute atomic E-state index is 0.00770. The van der Waals surface area contributed by atoms with Crippen LogP contribution >= 0.6 is 0 Å². The van der Waals surface area contributed by atoms with Gasteiger partial charge in [-0.1, -0.05) is 0 Å². The van der Waals surface area contributed by atoms with Crippen LogP contribution in [0.15, 0.2) is 22.6 Å². The summed E-state index contributed by atoms with van der Waals surface area (Å²) >= 11 is 0. The second-order valence-electron chi connectivity index (χ2n) is 4.48. The van der Waals surface area contributed by atoms with Gasteiger partial charge in [-0.3, -0.25) is 10.1 Å². The summed E-state index contributed by atoms with van der Waals surface area (Å²) in [5.74, 6) is 0. The lowest BCUT2D eigenvalue weighted by molar-refractivity contribution is -0.384. The third-order valence-corrected chi connectivity index (χ3v) is 3.08. The van der Waals surface area contributed by atoms with Gasteiger partial charge in [-0.25, -0.2) is 0 Å². The van der Waals surface area contributed by atoms with Crippen molar-refractivity contribution in [3.63, 3.8) is 0 Å². The third kappa shape index (κ3) is 2.50. The topological polar surface area (TPSA) is 90.4 Å². The normalized spacial score (nSPS) is 19.5. The smallest absolute Gasteiger partial charge is 0.394 e. The van der Waals surface area contributed by atoms with E-state index in [1.54, 1.807) is 0 Å². The number of nitrogens with one attached hydrogen (secondary N) is 1. The van der Waals surface area contributed by atoms with Gasteiger partial charge >= 0.3 is 6.08 Å². The molecule has 0 spiro atoms. The van der Waals surface area contributed by atoms with Gasteiger partial charge in [0.15, 0.2) is 5.58 Å². The highest BCUT2D eigenvalue weighted by Gasteiger charge is 2.18. The minimum atomic E-state index is -0.459. The zero-order valence-corrected chi connectivity index (χ0v) is 10.2. The summed E-state index contributed by atoms with van der Waals surface area (Å²) in [6.07, 6.45) is 2.21. The molecular formula is C12H13N3O4. The molecule has 0 bridgehead atoms. The molecular weight excluding hydrogens is 250 g/mol. The Morgan fingerprint density at radius 2 is 2.42 bits per heavy atom. The van der Waals surface area contributed by atoms with E-state index in [0.29, 0.717) is 11.1 Å². The van der Waals surface area contributed by atoms with E-state index >= 15 is 0 Å². The number of piperidine rings is 1. The molecule has 1 saturated heterocycles. The maximum atomic E-state index is 10.7. The number of benzene rings is 1. The number of nitro benzene ring substituents is 1. The lowest BCUT2D eigenvalue weighted by Crippen LogP contribution is -2.37. The van der Waals surface area contributed by atoms with E-state index in [9.17, 15) is 10.1 Å². The Morgan fingerprint density at radius 1 is 1.53 bits per heavy atom. The van der Waals surface area contributed by atoms with Crippen LogP contribution < -0.4 is 10.1 Å². The van der Waals surface area contributed by atoms with Gasteiger partial charge in [0.25, 0.3) is 5.69 Å². The number of hydrogen-bond donors (Lipinski definition) is 1. The first-order valence-corrected chi connectivity index (χ1v) is 6.15. The SMILES string of the molecule is O=[N+]([O-])c1ccc2oc(O[C@H]3CCCNC3)nc2c1. The Kier molecular flexibility index (Phi) is 3.04. The molecule has 19 heavy (non-hydrogen) atoms. The molecule has 1 aromatic carbocycles. The van der Waals surface area contributed by atoms with Gasteiger partial charge < -0.3 is 14.5 Å². The number of rotatable bonds is 3. The highest BCUT2D eigenvalue weighted by Crippen LogP contribution is 2.25. The van der Waals surface area contributed by atoms with E-state index in [2.05, 4.69) is 10.3 Å². The molecule has 3 rings (SSSR count). The van der Waals surface area contributed by atoms with Crippen LogP contribution in [-0.4, -0.2) is 29.1 Å². The summed E-state index contributed by atoms with van der Waals surface area (Å²) in [6, 6.07) is 4.30. The van der Waals surface area contributed by atoms with E-state index in [1.807, 2.05) is 0 Å². The van der Waals surface area contributed by atoms with E-state index < -0.39 is 4.92 Å². The Bertz CT molecular complexity index is 604. The number of hydrogen-bond acceptors (Lipinski definition) is 6. The lowest BCUT2D eigenvalue weighted by Gasteiger charge is -2.21. The van der Waals surface area contributed by atoms with Crippen LogP contribution in [0.25, 0.3) is 11.1 Å². The summed E-state index contributed by atoms with van der Waals surface area (Å²) in [6.45, 7) is 1.76. The second kappa shape index (κ2) is 4.85. The van der Waals surface area contributed by atoms with Gasteiger partial charge in [-0.15, -0.1) is 0 Å². The Morgan fingerprint density at radius 3 is 3.16 bits per heavy atom. The molecule has 0 saturated carbocycles. The van der Waals surface area contributed by atoms with Crippen molar-refractivity contribution < 1.29 is 14.1 Å². The molecule has 2 aromatic rings. The molecule has 0 aliphatic carbocycles. The van der Waals surface area contributed by atoms with E-state index in [4.69, 9.17) is 9.15 Å².